The first kappa shape index (κ1) is 20.9. The van der Waals surface area contributed by atoms with E-state index >= 15 is 0 Å². The Bertz CT molecular complexity index is 910. The fourth-order valence-electron chi connectivity index (χ4n) is 2.07. The van der Waals surface area contributed by atoms with Gasteiger partial charge in [0.2, 0.25) is 10.0 Å². The molecule has 0 atom stereocenters. The maximum atomic E-state index is 12.2. The number of benzene rings is 1. The van der Waals surface area contributed by atoms with Crippen LogP contribution in [0, 0.1) is 0 Å². The van der Waals surface area contributed by atoms with Crippen LogP contribution in [-0.2, 0) is 30.8 Å². The first-order valence-electron chi connectivity index (χ1n) is 7.90. The molecule has 0 aliphatic carbocycles. The number of nitrogens with one attached hydrogen (secondary N) is 1. The van der Waals surface area contributed by atoms with E-state index in [1.807, 2.05) is 0 Å². The minimum atomic E-state index is -3.76. The lowest BCUT2D eigenvalue weighted by atomic mass is 10.2. The minimum Gasteiger partial charge on any atom is -0.469 e. The zero-order chi connectivity index (χ0) is 20.0. The molecule has 0 aliphatic heterocycles. The maximum absolute atomic E-state index is 12.2. The number of ether oxygens (including phenoxy) is 1. The van der Waals surface area contributed by atoms with Crippen molar-refractivity contribution in [2.24, 2.45) is 0 Å². The zero-order valence-electron chi connectivity index (χ0n) is 14.8. The highest BCUT2D eigenvalue weighted by atomic mass is 35.5. The molecule has 0 aliphatic rings. The van der Waals surface area contributed by atoms with Crippen molar-refractivity contribution in [3.8, 4) is 0 Å². The summed E-state index contributed by atoms with van der Waals surface area (Å²) in [5.41, 5.74) is 0.219. The number of esters is 1. The summed E-state index contributed by atoms with van der Waals surface area (Å²) in [5, 5.41) is 2.50. The van der Waals surface area contributed by atoms with E-state index in [2.05, 4.69) is 5.32 Å². The van der Waals surface area contributed by atoms with E-state index in [1.54, 1.807) is 12.1 Å². The molecule has 2 rings (SSSR count). The van der Waals surface area contributed by atoms with Crippen LogP contribution in [0.5, 0.6) is 0 Å². The standard InChI is InChI=1S/C17H19ClN2O6S/c1-20(2)27(23,24)15-10-12(5-7-14(15)18)19-16(21)11-26-17(22)8-6-13-4-3-9-25-13/h3-5,7,9-10H,6,8,11H2,1-2H3,(H,19,21). The van der Waals surface area contributed by atoms with Gasteiger partial charge in [0.15, 0.2) is 6.61 Å². The molecular weight excluding hydrogens is 396 g/mol. The van der Waals surface area contributed by atoms with Gasteiger partial charge in [-0.15, -0.1) is 0 Å². The van der Waals surface area contributed by atoms with Crippen molar-refractivity contribution >= 4 is 39.2 Å². The number of carbonyl (C=O) groups excluding carboxylic acids is 2. The Morgan fingerprint density at radius 3 is 2.63 bits per heavy atom. The van der Waals surface area contributed by atoms with Crippen LogP contribution in [0.3, 0.4) is 0 Å². The predicted octanol–water partition coefficient (Wildman–Crippen LogP) is 2.30. The van der Waals surface area contributed by atoms with Gasteiger partial charge in [-0.05, 0) is 30.3 Å². The zero-order valence-corrected chi connectivity index (χ0v) is 16.3. The minimum absolute atomic E-state index is 0.0334. The maximum Gasteiger partial charge on any atom is 0.306 e. The Labute approximate surface area is 162 Å². The average Bonchev–Trinajstić information content (AvgIpc) is 3.13. The summed E-state index contributed by atoms with van der Waals surface area (Å²) < 4.78 is 35.5. The molecule has 0 unspecified atom stereocenters. The van der Waals surface area contributed by atoms with Crippen molar-refractivity contribution in [1.82, 2.24) is 4.31 Å². The number of halogens is 1. The van der Waals surface area contributed by atoms with Crippen molar-refractivity contribution in [3.05, 3.63) is 47.4 Å². The van der Waals surface area contributed by atoms with Crippen molar-refractivity contribution in [2.45, 2.75) is 17.7 Å². The Morgan fingerprint density at radius 2 is 2.00 bits per heavy atom. The van der Waals surface area contributed by atoms with Crippen molar-refractivity contribution in [3.63, 3.8) is 0 Å². The first-order valence-corrected chi connectivity index (χ1v) is 9.72. The highest BCUT2D eigenvalue weighted by Gasteiger charge is 2.21. The number of hydrogen-bond donors (Lipinski definition) is 1. The van der Waals surface area contributed by atoms with Gasteiger partial charge in [-0.25, -0.2) is 12.7 Å². The highest BCUT2D eigenvalue weighted by Crippen LogP contribution is 2.26. The highest BCUT2D eigenvalue weighted by molar-refractivity contribution is 7.89. The SMILES string of the molecule is CN(C)S(=O)(=O)c1cc(NC(=O)COC(=O)CCc2ccco2)ccc1Cl. The van der Waals surface area contributed by atoms with E-state index in [1.165, 1.54) is 38.6 Å². The number of aryl methyl sites for hydroxylation is 1. The fraction of sp³-hybridized carbons (Fsp3) is 0.294. The van der Waals surface area contributed by atoms with Gasteiger partial charge in [0.25, 0.3) is 5.91 Å². The topological polar surface area (TPSA) is 106 Å². The molecule has 0 saturated carbocycles. The van der Waals surface area contributed by atoms with E-state index in [0.29, 0.717) is 12.2 Å². The van der Waals surface area contributed by atoms with Crippen LogP contribution in [-0.4, -0.2) is 45.3 Å². The third-order valence-corrected chi connectivity index (χ3v) is 5.79. The molecule has 0 saturated heterocycles. The van der Waals surface area contributed by atoms with Crippen LogP contribution in [0.2, 0.25) is 5.02 Å². The van der Waals surface area contributed by atoms with Gasteiger partial charge in [0.05, 0.1) is 17.7 Å². The van der Waals surface area contributed by atoms with Crippen molar-refractivity contribution < 1.29 is 27.2 Å². The van der Waals surface area contributed by atoms with Crippen LogP contribution in [0.4, 0.5) is 5.69 Å². The lowest BCUT2D eigenvalue weighted by molar-refractivity contribution is -0.147. The Balaban J connectivity index is 1.91. The molecule has 8 nitrogen and oxygen atoms in total. The summed E-state index contributed by atoms with van der Waals surface area (Å²) in [6, 6.07) is 7.51. The molecule has 1 heterocycles. The van der Waals surface area contributed by atoms with Crippen LogP contribution >= 0.6 is 11.6 Å². The lowest BCUT2D eigenvalue weighted by Gasteiger charge is -2.14. The van der Waals surface area contributed by atoms with Crippen molar-refractivity contribution in [2.75, 3.05) is 26.0 Å². The molecule has 27 heavy (non-hydrogen) atoms. The van der Waals surface area contributed by atoms with E-state index in [9.17, 15) is 18.0 Å². The summed E-state index contributed by atoms with van der Waals surface area (Å²) in [6.07, 6.45) is 1.95. The molecule has 0 fully saturated rings. The molecule has 1 amide bonds. The van der Waals surface area contributed by atoms with Gasteiger partial charge in [-0.1, -0.05) is 11.6 Å². The molecule has 1 aromatic heterocycles. The normalized spacial score (nSPS) is 11.4. The van der Waals surface area contributed by atoms with E-state index in [0.717, 1.165) is 4.31 Å². The number of nitrogens with zero attached hydrogens (tertiary/aromatic N) is 1. The average molecular weight is 415 g/mol. The molecular formula is C17H19ClN2O6S. The summed E-state index contributed by atoms with van der Waals surface area (Å²) in [4.78, 5) is 23.4. The van der Waals surface area contributed by atoms with Crippen molar-refractivity contribution in [1.29, 1.82) is 0 Å². The van der Waals surface area contributed by atoms with Gasteiger partial charge in [0, 0.05) is 26.2 Å². The second-order valence-electron chi connectivity index (χ2n) is 5.72. The third kappa shape index (κ3) is 5.81. The van der Waals surface area contributed by atoms with Crippen LogP contribution in [0.15, 0.2) is 45.9 Å². The molecule has 2 aromatic rings. The molecule has 1 N–H and O–H groups in total. The number of carbonyl (C=O) groups is 2. The summed E-state index contributed by atoms with van der Waals surface area (Å²) in [7, 11) is -1.02. The van der Waals surface area contributed by atoms with Crippen LogP contribution in [0.1, 0.15) is 12.2 Å². The fourth-order valence-corrected chi connectivity index (χ4v) is 3.46. The second kappa shape index (κ2) is 9.03. The molecule has 0 bridgehead atoms. The molecule has 146 valence electrons. The third-order valence-electron chi connectivity index (χ3n) is 3.49. The number of sulfonamides is 1. The monoisotopic (exact) mass is 414 g/mol. The van der Waals surface area contributed by atoms with Gasteiger partial charge < -0.3 is 14.5 Å². The Kier molecular flexibility index (Phi) is 7.00. The molecule has 0 spiro atoms. The quantitative estimate of drug-likeness (QED) is 0.664. The second-order valence-corrected chi connectivity index (χ2v) is 8.25. The van der Waals surface area contributed by atoms with Gasteiger partial charge >= 0.3 is 5.97 Å². The Hall–Kier alpha value is -2.36. The van der Waals surface area contributed by atoms with E-state index < -0.39 is 28.5 Å². The number of rotatable bonds is 8. The largest absolute Gasteiger partial charge is 0.469 e. The van der Waals surface area contributed by atoms with E-state index in [-0.39, 0.29) is 22.0 Å². The number of anilines is 1. The number of furan rings is 1. The number of hydrogen-bond acceptors (Lipinski definition) is 6. The first-order chi connectivity index (χ1) is 12.7. The number of amides is 1. The van der Waals surface area contributed by atoms with Crippen LogP contribution < -0.4 is 5.32 Å². The summed E-state index contributed by atoms with van der Waals surface area (Å²) in [5.74, 6) is -0.502. The van der Waals surface area contributed by atoms with E-state index in [4.69, 9.17) is 20.8 Å². The molecule has 10 heteroatoms. The smallest absolute Gasteiger partial charge is 0.306 e. The summed E-state index contributed by atoms with van der Waals surface area (Å²) >= 11 is 5.95. The van der Waals surface area contributed by atoms with Gasteiger partial charge in [-0.3, -0.25) is 9.59 Å². The van der Waals surface area contributed by atoms with Crippen LogP contribution in [0.25, 0.3) is 0 Å². The lowest BCUT2D eigenvalue weighted by Crippen LogP contribution is -2.23. The predicted molar refractivity (Wildman–Crippen MR) is 98.9 cm³/mol. The Morgan fingerprint density at radius 1 is 1.26 bits per heavy atom. The van der Waals surface area contributed by atoms with Gasteiger partial charge in [0.1, 0.15) is 10.7 Å². The molecule has 1 aromatic carbocycles. The summed E-state index contributed by atoms with van der Waals surface area (Å²) in [6.45, 7) is -0.491. The molecule has 0 radical (unpaired) electrons. The van der Waals surface area contributed by atoms with Gasteiger partial charge in [-0.2, -0.15) is 0 Å².